The molecule has 0 aliphatic heterocycles. The van der Waals surface area contributed by atoms with Gasteiger partial charge in [-0.15, -0.1) is 0 Å². The molecule has 0 saturated carbocycles. The van der Waals surface area contributed by atoms with Crippen LogP contribution < -0.4 is 4.74 Å². The third-order valence-electron chi connectivity index (χ3n) is 5.30. The number of carbonyl (C=O) groups is 3. The molecule has 0 aromatic heterocycles. The molecule has 0 unspecified atom stereocenters. The quantitative estimate of drug-likeness (QED) is 0.205. The van der Waals surface area contributed by atoms with Gasteiger partial charge < -0.3 is 19.1 Å². The van der Waals surface area contributed by atoms with Gasteiger partial charge in [0.25, 0.3) is 0 Å². The number of nitrogens with zero attached hydrogens (tertiary/aromatic N) is 1. The average molecular weight is 466 g/mol. The van der Waals surface area contributed by atoms with Crippen LogP contribution in [0.2, 0.25) is 0 Å². The maximum Gasteiger partial charge on any atom is 0.342 e. The first-order valence-electron chi connectivity index (χ1n) is 10.8. The smallest absolute Gasteiger partial charge is 0.342 e. The molecule has 2 aromatic carbocycles. The zero-order chi connectivity index (χ0) is 25.0. The first kappa shape index (κ1) is 26.5. The maximum absolute atomic E-state index is 13.3. The van der Waals surface area contributed by atoms with E-state index in [0.717, 1.165) is 5.56 Å². The van der Waals surface area contributed by atoms with E-state index in [0.29, 0.717) is 11.3 Å². The van der Waals surface area contributed by atoms with Crippen molar-refractivity contribution in [3.63, 3.8) is 0 Å². The highest BCUT2D eigenvalue weighted by molar-refractivity contribution is 6.11. The molecule has 0 spiro atoms. The summed E-state index contributed by atoms with van der Waals surface area (Å²) in [5.41, 5.74) is -0.405. The summed E-state index contributed by atoms with van der Waals surface area (Å²) in [5.74, 6) is -1.31. The normalized spacial score (nSPS) is 12.9. The van der Waals surface area contributed by atoms with Crippen molar-refractivity contribution in [1.82, 2.24) is 4.90 Å². The molecule has 1 amide bonds. The summed E-state index contributed by atoms with van der Waals surface area (Å²) in [6.07, 6.45) is 6.31. The van der Waals surface area contributed by atoms with Crippen molar-refractivity contribution in [2.24, 2.45) is 0 Å². The van der Waals surface area contributed by atoms with Crippen LogP contribution in [0.15, 0.2) is 78.9 Å². The predicted octanol–water partition coefficient (Wildman–Crippen LogP) is 3.87. The summed E-state index contributed by atoms with van der Waals surface area (Å²) >= 11 is 0. The van der Waals surface area contributed by atoms with Crippen LogP contribution in [0.25, 0.3) is 0 Å². The monoisotopic (exact) mass is 465 g/mol. The largest absolute Gasteiger partial charge is 0.497 e. The number of ketones is 1. The van der Waals surface area contributed by atoms with Gasteiger partial charge in [0, 0.05) is 12.6 Å². The molecular formula is C27H31NO6. The minimum absolute atomic E-state index is 0.0214. The van der Waals surface area contributed by atoms with Gasteiger partial charge in [0.2, 0.25) is 11.4 Å². The number of ether oxygens (including phenoxy) is 3. The lowest BCUT2D eigenvalue weighted by atomic mass is 9.92. The number of hydrogen-bond acceptors (Lipinski definition) is 6. The highest BCUT2D eigenvalue weighted by Crippen LogP contribution is 2.25. The van der Waals surface area contributed by atoms with Gasteiger partial charge in [0.15, 0.2) is 5.78 Å². The van der Waals surface area contributed by atoms with Crippen LogP contribution in [-0.4, -0.2) is 48.9 Å². The molecule has 0 radical (unpaired) electrons. The number of carbonyl (C=O) groups excluding carboxylic acids is 3. The number of esters is 1. The summed E-state index contributed by atoms with van der Waals surface area (Å²) in [5, 5.41) is 0. The number of methoxy groups -OCH3 is 2. The summed E-state index contributed by atoms with van der Waals surface area (Å²) < 4.78 is 16.0. The Labute approximate surface area is 200 Å². The van der Waals surface area contributed by atoms with Crippen LogP contribution in [0.1, 0.15) is 25.0 Å². The van der Waals surface area contributed by atoms with E-state index < -0.39 is 23.2 Å². The second-order valence-corrected chi connectivity index (χ2v) is 7.54. The highest BCUT2D eigenvalue weighted by atomic mass is 16.5. The van der Waals surface area contributed by atoms with E-state index in [1.807, 2.05) is 37.3 Å². The number of allylic oxidation sites excluding steroid dienone is 3. The van der Waals surface area contributed by atoms with Gasteiger partial charge in [0.05, 0.1) is 27.4 Å². The Balaban J connectivity index is 2.48. The maximum atomic E-state index is 13.3. The summed E-state index contributed by atoms with van der Waals surface area (Å²) in [4.78, 5) is 40.7. The van der Waals surface area contributed by atoms with Crippen LogP contribution in [0, 0.1) is 0 Å². The Kier molecular flexibility index (Phi) is 10.2. The molecule has 0 N–H and O–H groups in total. The molecule has 0 heterocycles. The Morgan fingerprint density at radius 3 is 2.18 bits per heavy atom. The van der Waals surface area contributed by atoms with Crippen molar-refractivity contribution in [2.45, 2.75) is 32.5 Å². The molecule has 1 atom stereocenters. The van der Waals surface area contributed by atoms with Crippen molar-refractivity contribution < 1.29 is 28.6 Å². The number of Topliss-reactive ketones (excluding diaryl/α,β-unsaturated/α-hetero) is 1. The lowest BCUT2D eigenvalue weighted by Gasteiger charge is -2.39. The lowest BCUT2D eigenvalue weighted by molar-refractivity contribution is -0.171. The zero-order valence-corrected chi connectivity index (χ0v) is 20.0. The van der Waals surface area contributed by atoms with Gasteiger partial charge >= 0.3 is 5.97 Å². The first-order chi connectivity index (χ1) is 16.4. The van der Waals surface area contributed by atoms with E-state index in [-0.39, 0.29) is 19.8 Å². The second kappa shape index (κ2) is 13.1. The number of amides is 1. The van der Waals surface area contributed by atoms with E-state index in [1.54, 1.807) is 49.6 Å². The van der Waals surface area contributed by atoms with E-state index in [9.17, 15) is 14.4 Å². The van der Waals surface area contributed by atoms with Crippen molar-refractivity contribution in [2.75, 3.05) is 20.8 Å². The Morgan fingerprint density at radius 1 is 0.941 bits per heavy atom. The van der Waals surface area contributed by atoms with E-state index >= 15 is 0 Å². The van der Waals surface area contributed by atoms with Gasteiger partial charge in [-0.3, -0.25) is 9.59 Å². The fourth-order valence-corrected chi connectivity index (χ4v) is 3.40. The van der Waals surface area contributed by atoms with E-state index in [2.05, 4.69) is 0 Å². The van der Waals surface area contributed by atoms with Crippen molar-refractivity contribution >= 4 is 17.7 Å². The fourth-order valence-electron chi connectivity index (χ4n) is 3.40. The first-order valence-corrected chi connectivity index (χ1v) is 10.8. The standard InChI is InChI=1S/C27H31NO6/c1-5-6-8-13-25(30)28(18-22-14-16-24(32-3)17-15-22)27(21(2)29,26(31)33-4)20-34-19-23-11-9-7-10-12-23/h5-17H,18-20H2,1-4H3/b6-5+,13-8+/t27-/m1/s1. The second-order valence-electron chi connectivity index (χ2n) is 7.54. The van der Waals surface area contributed by atoms with Crippen LogP contribution in [0.3, 0.4) is 0 Å². The zero-order valence-electron chi connectivity index (χ0n) is 20.0. The topological polar surface area (TPSA) is 82.1 Å². The molecule has 2 aromatic rings. The minimum Gasteiger partial charge on any atom is -0.497 e. The van der Waals surface area contributed by atoms with Gasteiger partial charge in [-0.2, -0.15) is 0 Å². The Morgan fingerprint density at radius 2 is 1.62 bits per heavy atom. The van der Waals surface area contributed by atoms with Crippen LogP contribution in [0.4, 0.5) is 0 Å². The third kappa shape index (κ3) is 6.65. The Bertz CT molecular complexity index is 1010. The van der Waals surface area contributed by atoms with Crippen LogP contribution in [-0.2, 0) is 37.0 Å². The van der Waals surface area contributed by atoms with Crippen molar-refractivity contribution in [1.29, 1.82) is 0 Å². The summed E-state index contributed by atoms with van der Waals surface area (Å²) in [6.45, 7) is 2.85. The summed E-state index contributed by atoms with van der Waals surface area (Å²) in [6, 6.07) is 16.4. The molecule has 0 bridgehead atoms. The van der Waals surface area contributed by atoms with Gasteiger partial charge in [0.1, 0.15) is 5.75 Å². The molecule has 180 valence electrons. The minimum atomic E-state index is -1.97. The molecule has 0 aliphatic carbocycles. The highest BCUT2D eigenvalue weighted by Gasteiger charge is 2.52. The number of hydrogen-bond donors (Lipinski definition) is 0. The summed E-state index contributed by atoms with van der Waals surface area (Å²) in [7, 11) is 2.74. The molecule has 7 nitrogen and oxygen atoms in total. The Hall–Kier alpha value is -3.71. The number of rotatable bonds is 12. The van der Waals surface area contributed by atoms with Crippen molar-refractivity contribution in [3.8, 4) is 5.75 Å². The molecule has 34 heavy (non-hydrogen) atoms. The third-order valence-corrected chi connectivity index (χ3v) is 5.30. The van der Waals surface area contributed by atoms with Gasteiger partial charge in [-0.05, 0) is 37.1 Å². The molecule has 0 aliphatic rings. The molecule has 0 saturated heterocycles. The molecule has 2 rings (SSSR count). The average Bonchev–Trinajstić information content (AvgIpc) is 2.86. The van der Waals surface area contributed by atoms with Crippen molar-refractivity contribution in [3.05, 3.63) is 90.0 Å². The fraction of sp³-hybridized carbons (Fsp3) is 0.296. The van der Waals surface area contributed by atoms with E-state index in [4.69, 9.17) is 14.2 Å². The lowest BCUT2D eigenvalue weighted by Crippen LogP contribution is -2.64. The molecule has 0 fully saturated rings. The van der Waals surface area contributed by atoms with Gasteiger partial charge in [-0.25, -0.2) is 4.79 Å². The molecule has 7 heteroatoms. The van der Waals surface area contributed by atoms with Crippen LogP contribution >= 0.6 is 0 Å². The number of benzene rings is 2. The van der Waals surface area contributed by atoms with Crippen LogP contribution in [0.5, 0.6) is 5.75 Å². The predicted molar refractivity (Wildman–Crippen MR) is 129 cm³/mol. The van der Waals surface area contributed by atoms with E-state index in [1.165, 1.54) is 25.0 Å². The molecular weight excluding hydrogens is 434 g/mol. The SMILES string of the molecule is C/C=C/C=C/C(=O)N(Cc1ccc(OC)cc1)[C@](COCc1ccccc1)(C(C)=O)C(=O)OC. The van der Waals surface area contributed by atoms with Gasteiger partial charge in [-0.1, -0.05) is 60.7 Å².